The smallest absolute Gasteiger partial charge is 0.306 e. The van der Waals surface area contributed by atoms with Crippen LogP contribution in [0.15, 0.2) is 60.8 Å². The number of esters is 2. The van der Waals surface area contributed by atoms with Crippen LogP contribution in [-0.2, 0) is 37.5 Å². The molecular weight excluding hydrogens is 766 g/mol. The van der Waals surface area contributed by atoms with Crippen molar-refractivity contribution in [1.82, 2.24) is 0 Å². The maximum Gasteiger partial charge on any atom is 0.306 e. The van der Waals surface area contributed by atoms with E-state index in [1.807, 2.05) is 33.3 Å². The molecule has 0 fully saturated rings. The number of rotatable bonds is 41. The molecule has 0 radical (unpaired) electrons. The summed E-state index contributed by atoms with van der Waals surface area (Å²) in [5.74, 6) is -1.22. The lowest BCUT2D eigenvalue weighted by molar-refractivity contribution is -0.870. The highest BCUT2D eigenvalue weighted by Crippen LogP contribution is 2.38. The number of unbranched alkanes of at least 4 members (excludes halogenated alkanes) is 16. The number of quaternary nitrogens is 1. The summed E-state index contributed by atoms with van der Waals surface area (Å²) in [6, 6.07) is 0. The molecule has 0 amide bonds. The van der Waals surface area contributed by atoms with Gasteiger partial charge in [-0.2, -0.15) is 0 Å². The van der Waals surface area contributed by atoms with Crippen LogP contribution in [0.4, 0.5) is 0 Å². The van der Waals surface area contributed by atoms with Crippen LogP contribution in [0.2, 0.25) is 0 Å². The highest BCUT2D eigenvalue weighted by molar-refractivity contribution is 7.45. The minimum Gasteiger partial charge on any atom is -0.756 e. The number of phosphoric ester groups is 1. The summed E-state index contributed by atoms with van der Waals surface area (Å²) >= 11 is 0. The minimum atomic E-state index is -4.69. The molecule has 0 N–H and O–H groups in total. The zero-order chi connectivity index (χ0) is 43.7. The lowest BCUT2D eigenvalue weighted by atomic mass is 10.1. The van der Waals surface area contributed by atoms with E-state index in [1.54, 1.807) is 6.08 Å². The second-order valence-electron chi connectivity index (χ2n) is 16.4. The van der Waals surface area contributed by atoms with Crippen molar-refractivity contribution in [3.05, 3.63) is 60.8 Å². The van der Waals surface area contributed by atoms with Gasteiger partial charge in [-0.3, -0.25) is 18.9 Å². The first-order chi connectivity index (χ1) is 28.4. The van der Waals surface area contributed by atoms with Crippen LogP contribution in [0.1, 0.15) is 174 Å². The third-order valence-electron chi connectivity index (χ3n) is 9.49. The first kappa shape index (κ1) is 56.4. The number of carbonyl (C=O) groups is 3. The van der Waals surface area contributed by atoms with E-state index in [0.717, 1.165) is 44.9 Å². The summed E-state index contributed by atoms with van der Waals surface area (Å²) in [5.41, 5.74) is 0. The summed E-state index contributed by atoms with van der Waals surface area (Å²) < 4.78 is 33.7. The van der Waals surface area contributed by atoms with Crippen molar-refractivity contribution in [1.29, 1.82) is 0 Å². The molecule has 0 aliphatic carbocycles. The second kappa shape index (κ2) is 39.5. The number of allylic oxidation sites excluding steroid dienone is 10. The van der Waals surface area contributed by atoms with Crippen molar-refractivity contribution < 1.29 is 46.8 Å². The number of hydrogen-bond donors (Lipinski definition) is 0. The van der Waals surface area contributed by atoms with Crippen LogP contribution in [0.3, 0.4) is 0 Å². The predicted molar refractivity (Wildman–Crippen MR) is 241 cm³/mol. The fraction of sp³-hybridized carbons (Fsp3) is 0.729. The molecule has 0 aliphatic rings. The Bertz CT molecular complexity index is 1250. The van der Waals surface area contributed by atoms with Crippen molar-refractivity contribution in [2.24, 2.45) is 0 Å². The van der Waals surface area contributed by atoms with Crippen molar-refractivity contribution in [2.75, 3.05) is 47.5 Å². The molecule has 0 saturated carbocycles. The van der Waals surface area contributed by atoms with Gasteiger partial charge >= 0.3 is 11.9 Å². The molecule has 0 aliphatic heterocycles. The van der Waals surface area contributed by atoms with Gasteiger partial charge in [-0.05, 0) is 70.3 Å². The molecule has 2 atom stereocenters. The molecule has 10 nitrogen and oxygen atoms in total. The number of nitrogens with zero attached hydrogens (tertiary/aromatic N) is 1. The van der Waals surface area contributed by atoms with Gasteiger partial charge in [0, 0.05) is 19.3 Å². The quantitative estimate of drug-likeness (QED) is 0.0112. The normalized spacial score (nSPS) is 14.0. The standard InChI is InChI=1S/C48H84NO9P/c1-6-8-10-12-14-16-18-20-21-22-23-25-27-29-31-33-35-39-47(51)55-43-46(44-57-59(53,54)56-42-41-49(3,4)5)58-48(52)40-36-38-45(50)37-34-32-30-28-26-24-19-17-15-13-11-9-7-2/h15,17,20-21,24,26,30,32,34,37,46H,6-14,16,18-19,22-23,25,27-29,31,33,35-36,38-44H2,1-5H3/b17-15-,21-20-,26-24-,32-30-,37-34+/t46-/m1/s1. The van der Waals surface area contributed by atoms with E-state index in [2.05, 4.69) is 50.3 Å². The molecule has 340 valence electrons. The molecule has 0 saturated heterocycles. The van der Waals surface area contributed by atoms with Gasteiger partial charge in [-0.15, -0.1) is 0 Å². The van der Waals surface area contributed by atoms with Crippen molar-refractivity contribution >= 4 is 25.5 Å². The lowest BCUT2D eigenvalue weighted by Crippen LogP contribution is -2.37. The van der Waals surface area contributed by atoms with E-state index in [1.165, 1.54) is 89.5 Å². The average molecular weight is 850 g/mol. The van der Waals surface area contributed by atoms with Crippen LogP contribution in [-0.4, -0.2) is 75.8 Å². The molecule has 11 heteroatoms. The van der Waals surface area contributed by atoms with Gasteiger partial charge in [0.2, 0.25) is 0 Å². The summed E-state index contributed by atoms with van der Waals surface area (Å²) in [6.45, 7) is 3.90. The Morgan fingerprint density at radius 1 is 0.576 bits per heavy atom. The molecule has 0 aromatic rings. The lowest BCUT2D eigenvalue weighted by Gasteiger charge is -2.28. The SMILES string of the molecule is CCCCC/C=C\C/C=C\C/C=C\C=C\C(=O)CCCC(=O)O[C@H](COC(=O)CCCCCCCCC/C=C\CCCCCCCC)COP(=O)([O-])OCC[N+](C)(C)C. The Hall–Kier alpha value is -2.62. The Labute approximate surface area is 360 Å². The minimum absolute atomic E-state index is 0.0668. The summed E-state index contributed by atoms with van der Waals surface area (Å²) in [4.78, 5) is 49.8. The fourth-order valence-electron chi connectivity index (χ4n) is 5.84. The molecule has 0 rings (SSSR count). The Morgan fingerprint density at radius 2 is 1.08 bits per heavy atom. The maximum atomic E-state index is 12.7. The number of carbonyl (C=O) groups excluding carboxylic acids is 3. The molecule has 0 heterocycles. The first-order valence-corrected chi connectivity index (χ1v) is 24.4. The van der Waals surface area contributed by atoms with E-state index in [9.17, 15) is 23.8 Å². The number of hydrogen-bond acceptors (Lipinski definition) is 9. The molecule has 0 aromatic carbocycles. The van der Waals surface area contributed by atoms with Gasteiger partial charge in [0.15, 0.2) is 11.9 Å². The highest BCUT2D eigenvalue weighted by Gasteiger charge is 2.22. The predicted octanol–water partition coefficient (Wildman–Crippen LogP) is 11.8. The second-order valence-corrected chi connectivity index (χ2v) is 17.9. The van der Waals surface area contributed by atoms with E-state index < -0.39 is 32.5 Å². The van der Waals surface area contributed by atoms with E-state index >= 15 is 0 Å². The average Bonchev–Trinajstić information content (AvgIpc) is 3.18. The number of likely N-dealkylation sites (N-methyl/N-ethyl adjacent to an activating group) is 1. The molecular formula is C48H84NO9P. The van der Waals surface area contributed by atoms with E-state index in [-0.39, 0.29) is 44.7 Å². The first-order valence-electron chi connectivity index (χ1n) is 22.9. The summed E-state index contributed by atoms with van der Waals surface area (Å²) in [6.07, 6.45) is 43.9. The van der Waals surface area contributed by atoms with E-state index in [0.29, 0.717) is 17.4 Å². The van der Waals surface area contributed by atoms with Gasteiger partial charge in [-0.1, -0.05) is 146 Å². The van der Waals surface area contributed by atoms with Gasteiger partial charge in [-0.25, -0.2) is 0 Å². The van der Waals surface area contributed by atoms with Crippen LogP contribution < -0.4 is 4.89 Å². The van der Waals surface area contributed by atoms with Gasteiger partial charge in [0.05, 0.1) is 27.7 Å². The van der Waals surface area contributed by atoms with Crippen LogP contribution in [0, 0.1) is 0 Å². The zero-order valence-corrected chi connectivity index (χ0v) is 38.8. The molecule has 59 heavy (non-hydrogen) atoms. The largest absolute Gasteiger partial charge is 0.756 e. The number of ketones is 1. The Balaban J connectivity index is 4.54. The van der Waals surface area contributed by atoms with Crippen LogP contribution in [0.5, 0.6) is 0 Å². The van der Waals surface area contributed by atoms with Gasteiger partial charge in [0.25, 0.3) is 7.82 Å². The molecule has 0 bridgehead atoms. The monoisotopic (exact) mass is 850 g/mol. The van der Waals surface area contributed by atoms with Gasteiger partial charge in [0.1, 0.15) is 19.8 Å². The summed E-state index contributed by atoms with van der Waals surface area (Å²) in [5, 5.41) is 0. The maximum absolute atomic E-state index is 12.7. The molecule has 0 spiro atoms. The summed E-state index contributed by atoms with van der Waals surface area (Å²) in [7, 11) is 1.01. The molecule has 1 unspecified atom stereocenters. The fourth-order valence-corrected chi connectivity index (χ4v) is 6.57. The third kappa shape index (κ3) is 43.3. The van der Waals surface area contributed by atoms with E-state index in [4.69, 9.17) is 18.5 Å². The number of phosphoric acid groups is 1. The van der Waals surface area contributed by atoms with Gasteiger partial charge < -0.3 is 27.9 Å². The topological polar surface area (TPSA) is 128 Å². The van der Waals surface area contributed by atoms with Crippen molar-refractivity contribution in [3.63, 3.8) is 0 Å². The van der Waals surface area contributed by atoms with Crippen LogP contribution >= 0.6 is 7.82 Å². The third-order valence-corrected chi connectivity index (χ3v) is 10.5. The number of ether oxygens (including phenoxy) is 2. The van der Waals surface area contributed by atoms with Crippen molar-refractivity contribution in [3.8, 4) is 0 Å². The van der Waals surface area contributed by atoms with Crippen LogP contribution in [0.25, 0.3) is 0 Å². The van der Waals surface area contributed by atoms with Crippen molar-refractivity contribution in [2.45, 2.75) is 180 Å². The molecule has 0 aromatic heterocycles. The highest BCUT2D eigenvalue weighted by atomic mass is 31.2. The zero-order valence-electron chi connectivity index (χ0n) is 37.9. The Morgan fingerprint density at radius 3 is 1.71 bits per heavy atom. The Kier molecular flexibility index (Phi) is 37.8.